The maximum Gasteiger partial charge on any atom is 0.0650 e. The Kier molecular flexibility index (Phi) is 7.83. The number of benzene rings is 1. The van der Waals surface area contributed by atoms with Crippen LogP contribution in [-0.2, 0) is 4.74 Å². The van der Waals surface area contributed by atoms with Gasteiger partial charge in [-0.05, 0) is 24.8 Å². The molecule has 0 saturated carbocycles. The molecule has 0 aliphatic heterocycles. The topological polar surface area (TPSA) is 9.23 Å². The first kappa shape index (κ1) is 13.3. The summed E-state index contributed by atoms with van der Waals surface area (Å²) in [5.74, 6) is 0.758. The number of alkyl halides is 1. The third kappa shape index (κ3) is 6.65. The summed E-state index contributed by atoms with van der Waals surface area (Å²) in [6.45, 7) is 1.52. The van der Waals surface area contributed by atoms with Crippen LogP contribution in [0.2, 0.25) is 0 Å². The van der Waals surface area contributed by atoms with Gasteiger partial charge in [-0.2, -0.15) is 0 Å². The molecule has 2 heteroatoms. The van der Waals surface area contributed by atoms with Gasteiger partial charge in [-0.1, -0.05) is 42.5 Å². The Morgan fingerprint density at radius 2 is 1.88 bits per heavy atom. The van der Waals surface area contributed by atoms with Crippen LogP contribution in [0.25, 0.3) is 6.08 Å². The van der Waals surface area contributed by atoms with Crippen LogP contribution < -0.4 is 0 Å². The Morgan fingerprint density at radius 1 is 1.06 bits per heavy atom. The molecule has 1 aromatic rings. The van der Waals surface area contributed by atoms with E-state index in [4.69, 9.17) is 16.3 Å². The predicted octanol–water partition coefficient (Wildman–Crippen LogP) is 4.13. The summed E-state index contributed by atoms with van der Waals surface area (Å²) in [5.41, 5.74) is 1.22. The highest BCUT2D eigenvalue weighted by molar-refractivity contribution is 6.17. The first-order chi connectivity index (χ1) is 7.93. The number of hydrogen-bond acceptors (Lipinski definition) is 1. The van der Waals surface area contributed by atoms with Crippen LogP contribution in [0.3, 0.4) is 0 Å². The van der Waals surface area contributed by atoms with Crippen molar-refractivity contribution in [3.05, 3.63) is 42.0 Å². The molecule has 0 spiro atoms. The Hall–Kier alpha value is -0.790. The van der Waals surface area contributed by atoms with Crippen LogP contribution in [0, 0.1) is 0 Å². The molecule has 88 valence electrons. The van der Waals surface area contributed by atoms with E-state index in [1.165, 1.54) is 5.56 Å². The summed E-state index contributed by atoms with van der Waals surface area (Å²) >= 11 is 5.58. The lowest BCUT2D eigenvalue weighted by molar-refractivity contribution is 0.158. The highest BCUT2D eigenvalue weighted by atomic mass is 35.5. The van der Waals surface area contributed by atoms with Gasteiger partial charge >= 0.3 is 0 Å². The Labute approximate surface area is 103 Å². The highest BCUT2D eigenvalue weighted by Crippen LogP contribution is 2.01. The number of rotatable bonds is 8. The fourth-order valence-corrected chi connectivity index (χ4v) is 1.56. The van der Waals surface area contributed by atoms with Gasteiger partial charge in [0.25, 0.3) is 0 Å². The number of hydrogen-bond donors (Lipinski definition) is 0. The van der Waals surface area contributed by atoms with Gasteiger partial charge in [-0.25, -0.2) is 0 Å². The molecule has 0 amide bonds. The molecule has 16 heavy (non-hydrogen) atoms. The number of halogens is 1. The van der Waals surface area contributed by atoms with Crippen molar-refractivity contribution in [1.82, 2.24) is 0 Å². The summed E-state index contributed by atoms with van der Waals surface area (Å²) < 4.78 is 5.47. The summed E-state index contributed by atoms with van der Waals surface area (Å²) in [6.07, 6.45) is 7.48. The first-order valence-corrected chi connectivity index (χ1v) is 6.32. The molecule has 0 radical (unpaired) electrons. The van der Waals surface area contributed by atoms with Gasteiger partial charge in [-0.15, -0.1) is 11.6 Å². The normalized spacial score (nSPS) is 11.1. The summed E-state index contributed by atoms with van der Waals surface area (Å²) in [4.78, 5) is 0. The molecule has 0 atom stereocenters. The molecule has 1 rings (SSSR count). The lowest BCUT2D eigenvalue weighted by Gasteiger charge is -1.99. The van der Waals surface area contributed by atoms with E-state index in [0.29, 0.717) is 6.61 Å². The summed E-state index contributed by atoms with van der Waals surface area (Å²) in [6, 6.07) is 10.2. The molecule has 0 heterocycles. The fraction of sp³-hybridized carbons (Fsp3) is 0.429. The van der Waals surface area contributed by atoms with E-state index < -0.39 is 0 Å². The summed E-state index contributed by atoms with van der Waals surface area (Å²) in [5, 5.41) is 0. The minimum absolute atomic E-state index is 0.690. The van der Waals surface area contributed by atoms with E-state index >= 15 is 0 Å². The van der Waals surface area contributed by atoms with Crippen LogP contribution in [0.15, 0.2) is 36.4 Å². The minimum Gasteiger partial charge on any atom is -0.377 e. The van der Waals surface area contributed by atoms with Crippen LogP contribution >= 0.6 is 11.6 Å². The van der Waals surface area contributed by atoms with Crippen LogP contribution in [-0.4, -0.2) is 19.1 Å². The second-order valence-electron chi connectivity index (χ2n) is 3.64. The van der Waals surface area contributed by atoms with Gasteiger partial charge in [0.05, 0.1) is 6.61 Å². The molecule has 0 aliphatic carbocycles. The Balaban J connectivity index is 2.01. The predicted molar refractivity (Wildman–Crippen MR) is 70.9 cm³/mol. The van der Waals surface area contributed by atoms with Crippen molar-refractivity contribution in [3.63, 3.8) is 0 Å². The molecule has 0 bridgehead atoms. The Morgan fingerprint density at radius 3 is 2.62 bits per heavy atom. The SMILES string of the molecule is ClCCCCCOCC=Cc1ccccc1. The molecular formula is C14H19ClO. The average molecular weight is 239 g/mol. The van der Waals surface area contributed by atoms with Gasteiger partial charge in [0.15, 0.2) is 0 Å². The maximum atomic E-state index is 5.58. The van der Waals surface area contributed by atoms with E-state index in [2.05, 4.69) is 24.3 Å². The van der Waals surface area contributed by atoms with Crippen LogP contribution in [0.1, 0.15) is 24.8 Å². The van der Waals surface area contributed by atoms with Crippen molar-refractivity contribution in [2.45, 2.75) is 19.3 Å². The lowest BCUT2D eigenvalue weighted by Crippen LogP contribution is -1.94. The average Bonchev–Trinajstić information content (AvgIpc) is 2.34. The van der Waals surface area contributed by atoms with Crippen molar-refractivity contribution >= 4 is 17.7 Å². The molecule has 1 aromatic carbocycles. The smallest absolute Gasteiger partial charge is 0.0650 e. The number of unbranched alkanes of at least 4 members (excludes halogenated alkanes) is 2. The van der Waals surface area contributed by atoms with Gasteiger partial charge in [0.2, 0.25) is 0 Å². The molecular weight excluding hydrogens is 220 g/mol. The van der Waals surface area contributed by atoms with Gasteiger partial charge in [0.1, 0.15) is 0 Å². The van der Waals surface area contributed by atoms with E-state index in [0.717, 1.165) is 31.7 Å². The largest absolute Gasteiger partial charge is 0.377 e. The highest BCUT2D eigenvalue weighted by Gasteiger charge is 1.88. The van der Waals surface area contributed by atoms with Crippen molar-refractivity contribution in [3.8, 4) is 0 Å². The van der Waals surface area contributed by atoms with Crippen LogP contribution in [0.5, 0.6) is 0 Å². The third-order valence-electron chi connectivity index (χ3n) is 2.25. The van der Waals surface area contributed by atoms with E-state index in [1.807, 2.05) is 18.2 Å². The zero-order valence-electron chi connectivity index (χ0n) is 9.57. The second-order valence-corrected chi connectivity index (χ2v) is 4.02. The van der Waals surface area contributed by atoms with Crippen molar-refractivity contribution in [2.24, 2.45) is 0 Å². The van der Waals surface area contributed by atoms with Crippen LogP contribution in [0.4, 0.5) is 0 Å². The first-order valence-electron chi connectivity index (χ1n) is 5.79. The Bertz CT molecular complexity index is 282. The zero-order valence-corrected chi connectivity index (χ0v) is 10.3. The quantitative estimate of drug-likeness (QED) is 0.489. The molecule has 0 fully saturated rings. The van der Waals surface area contributed by atoms with Crippen molar-refractivity contribution < 1.29 is 4.74 Å². The third-order valence-corrected chi connectivity index (χ3v) is 2.51. The van der Waals surface area contributed by atoms with E-state index in [9.17, 15) is 0 Å². The van der Waals surface area contributed by atoms with Crippen molar-refractivity contribution in [2.75, 3.05) is 19.1 Å². The van der Waals surface area contributed by atoms with Gasteiger partial charge in [0, 0.05) is 12.5 Å². The van der Waals surface area contributed by atoms with E-state index in [-0.39, 0.29) is 0 Å². The minimum atomic E-state index is 0.690. The standard InChI is InChI=1S/C14H19ClO/c15-11-5-2-6-12-16-13-7-10-14-8-3-1-4-9-14/h1,3-4,7-10H,2,5-6,11-13H2. The fourth-order valence-electron chi connectivity index (χ4n) is 1.38. The zero-order chi connectivity index (χ0) is 11.5. The number of ether oxygens (including phenoxy) is 1. The monoisotopic (exact) mass is 238 g/mol. The molecule has 0 saturated heterocycles. The molecule has 0 aromatic heterocycles. The van der Waals surface area contributed by atoms with Gasteiger partial charge < -0.3 is 4.74 Å². The lowest BCUT2D eigenvalue weighted by atomic mass is 10.2. The molecule has 0 unspecified atom stereocenters. The van der Waals surface area contributed by atoms with Gasteiger partial charge in [-0.3, -0.25) is 0 Å². The molecule has 0 aliphatic rings. The molecule has 0 N–H and O–H groups in total. The molecule has 1 nitrogen and oxygen atoms in total. The summed E-state index contributed by atoms with van der Waals surface area (Å²) in [7, 11) is 0. The van der Waals surface area contributed by atoms with E-state index in [1.54, 1.807) is 0 Å². The van der Waals surface area contributed by atoms with Crippen molar-refractivity contribution in [1.29, 1.82) is 0 Å². The second kappa shape index (κ2) is 9.44. The maximum absolute atomic E-state index is 5.58.